The number of imidazole rings is 1. The molecule has 0 bridgehead atoms. The zero-order valence-corrected chi connectivity index (χ0v) is 17.5. The minimum Gasteiger partial charge on any atom is -0.493 e. The first kappa shape index (κ1) is 20.1. The van der Waals surface area contributed by atoms with E-state index in [1.165, 1.54) is 7.11 Å². The molecule has 0 fully saturated rings. The Bertz CT molecular complexity index is 1010. The number of esters is 1. The Kier molecular flexibility index (Phi) is 6.14. The highest BCUT2D eigenvalue weighted by Crippen LogP contribution is 2.31. The van der Waals surface area contributed by atoms with Crippen LogP contribution in [0.2, 0.25) is 0 Å². The Morgan fingerprint density at radius 3 is 2.57 bits per heavy atom. The fourth-order valence-electron chi connectivity index (χ4n) is 3.11. The van der Waals surface area contributed by atoms with Gasteiger partial charge in [0, 0.05) is 23.5 Å². The molecule has 28 heavy (non-hydrogen) atoms. The molecular weight excluding hydrogens is 424 g/mol. The van der Waals surface area contributed by atoms with Crippen LogP contribution in [0, 0.1) is 6.92 Å². The summed E-state index contributed by atoms with van der Waals surface area (Å²) in [6.45, 7) is 3.87. The first-order chi connectivity index (χ1) is 13.5. The molecule has 0 spiro atoms. The summed E-state index contributed by atoms with van der Waals surface area (Å²) in [5, 5.41) is 0. The van der Waals surface area contributed by atoms with Gasteiger partial charge in [0.05, 0.1) is 29.8 Å². The molecule has 0 N–H and O–H groups in total. The molecule has 146 valence electrons. The number of hydrogen-bond donors (Lipinski definition) is 0. The Morgan fingerprint density at radius 1 is 1.21 bits per heavy atom. The van der Waals surface area contributed by atoms with E-state index < -0.39 is 10.8 Å². The monoisotopic (exact) mass is 444 g/mol. The number of pyridine rings is 1. The average Bonchev–Trinajstić information content (AvgIpc) is 3.07. The maximum atomic E-state index is 12.8. The van der Waals surface area contributed by atoms with E-state index in [9.17, 15) is 9.59 Å². The van der Waals surface area contributed by atoms with Gasteiger partial charge in [-0.1, -0.05) is 46.3 Å². The van der Waals surface area contributed by atoms with Crippen molar-refractivity contribution in [3.05, 3.63) is 65.1 Å². The summed E-state index contributed by atoms with van der Waals surface area (Å²) in [6.07, 6.45) is 3.75. The van der Waals surface area contributed by atoms with Crippen molar-refractivity contribution in [2.45, 2.75) is 25.1 Å². The smallest absolute Gasteiger partial charge is 0.340 e. The van der Waals surface area contributed by atoms with Gasteiger partial charge >= 0.3 is 5.97 Å². The molecule has 1 atom stereocenters. The highest BCUT2D eigenvalue weighted by Gasteiger charge is 2.26. The predicted octanol–water partition coefficient (Wildman–Crippen LogP) is 4.02. The molecule has 0 aliphatic heterocycles. The molecule has 7 heteroatoms. The van der Waals surface area contributed by atoms with Crippen molar-refractivity contribution in [1.29, 1.82) is 0 Å². The van der Waals surface area contributed by atoms with Crippen molar-refractivity contribution in [3.8, 4) is 5.75 Å². The SMILES string of the molecule is CCOC(=O)c1cn2cc(C)nc2c(OC)c1CC(Br)C(=O)c1ccccc1. The summed E-state index contributed by atoms with van der Waals surface area (Å²) in [4.78, 5) is 29.3. The number of Topliss-reactive ketones (excluding diaryl/α,β-unsaturated/α-hetero) is 1. The summed E-state index contributed by atoms with van der Waals surface area (Å²) >= 11 is 3.49. The topological polar surface area (TPSA) is 69.9 Å². The zero-order valence-electron chi connectivity index (χ0n) is 15.9. The van der Waals surface area contributed by atoms with Gasteiger partial charge in [-0.2, -0.15) is 0 Å². The van der Waals surface area contributed by atoms with Crippen LogP contribution in [0.4, 0.5) is 0 Å². The number of nitrogens with zero attached hydrogens (tertiary/aromatic N) is 2. The Labute approximate surface area is 171 Å². The minimum absolute atomic E-state index is 0.0724. The molecule has 0 aliphatic carbocycles. The van der Waals surface area contributed by atoms with Gasteiger partial charge in [0.15, 0.2) is 17.2 Å². The first-order valence-electron chi connectivity index (χ1n) is 8.91. The van der Waals surface area contributed by atoms with Crippen molar-refractivity contribution in [1.82, 2.24) is 9.38 Å². The average molecular weight is 445 g/mol. The van der Waals surface area contributed by atoms with Gasteiger partial charge in [-0.3, -0.25) is 4.79 Å². The second-order valence-electron chi connectivity index (χ2n) is 6.29. The first-order valence-corrected chi connectivity index (χ1v) is 9.83. The molecule has 2 heterocycles. The third-order valence-electron chi connectivity index (χ3n) is 4.35. The lowest BCUT2D eigenvalue weighted by Gasteiger charge is -2.17. The second kappa shape index (κ2) is 8.56. The fraction of sp³-hybridized carbons (Fsp3) is 0.286. The Morgan fingerprint density at radius 2 is 1.93 bits per heavy atom. The number of alkyl halides is 1. The van der Waals surface area contributed by atoms with Crippen LogP contribution in [0.1, 0.15) is 38.9 Å². The predicted molar refractivity (Wildman–Crippen MR) is 110 cm³/mol. The van der Waals surface area contributed by atoms with E-state index in [0.29, 0.717) is 28.1 Å². The maximum Gasteiger partial charge on any atom is 0.340 e. The van der Waals surface area contributed by atoms with E-state index in [-0.39, 0.29) is 18.8 Å². The summed E-state index contributed by atoms with van der Waals surface area (Å²) in [6, 6.07) is 9.02. The molecule has 0 aliphatic rings. The summed E-state index contributed by atoms with van der Waals surface area (Å²) < 4.78 is 12.6. The van der Waals surface area contributed by atoms with Crippen molar-refractivity contribution < 1.29 is 19.1 Å². The molecule has 1 unspecified atom stereocenters. The van der Waals surface area contributed by atoms with Gasteiger partial charge < -0.3 is 13.9 Å². The lowest BCUT2D eigenvalue weighted by molar-refractivity contribution is 0.0523. The van der Waals surface area contributed by atoms with Crippen LogP contribution in [0.15, 0.2) is 42.7 Å². The van der Waals surface area contributed by atoms with Crippen LogP contribution in [-0.2, 0) is 11.2 Å². The number of aryl methyl sites for hydroxylation is 1. The third-order valence-corrected chi connectivity index (χ3v) is 5.09. The van der Waals surface area contributed by atoms with E-state index in [1.54, 1.807) is 29.7 Å². The van der Waals surface area contributed by atoms with Crippen LogP contribution in [0.25, 0.3) is 5.65 Å². The number of carbonyl (C=O) groups is 2. The number of fused-ring (bicyclic) bond motifs is 1. The number of benzene rings is 1. The molecular formula is C21H21BrN2O4. The second-order valence-corrected chi connectivity index (χ2v) is 7.40. The van der Waals surface area contributed by atoms with Gasteiger partial charge in [-0.05, 0) is 20.3 Å². The van der Waals surface area contributed by atoms with Crippen LogP contribution in [-0.4, -0.2) is 39.7 Å². The van der Waals surface area contributed by atoms with Crippen molar-refractivity contribution in [3.63, 3.8) is 0 Å². The number of ether oxygens (including phenoxy) is 2. The molecule has 2 aromatic heterocycles. The lowest BCUT2D eigenvalue weighted by Crippen LogP contribution is -2.20. The van der Waals surface area contributed by atoms with Gasteiger partial charge in [-0.25, -0.2) is 9.78 Å². The highest BCUT2D eigenvalue weighted by atomic mass is 79.9. The molecule has 0 amide bonds. The number of rotatable bonds is 7. The van der Waals surface area contributed by atoms with Gasteiger partial charge in [0.2, 0.25) is 0 Å². The van der Waals surface area contributed by atoms with Crippen molar-refractivity contribution in [2.24, 2.45) is 0 Å². The Balaban J connectivity index is 2.07. The standard InChI is InChI=1S/C21H21BrN2O4/c1-4-28-21(26)16-12-24-11-13(2)23-20(24)19(27-3)15(16)10-17(22)18(25)14-8-6-5-7-9-14/h5-9,11-12,17H,4,10H2,1-3H3. The molecule has 0 saturated carbocycles. The minimum atomic E-state index is -0.532. The molecule has 3 rings (SSSR count). The van der Waals surface area contributed by atoms with E-state index in [1.807, 2.05) is 31.3 Å². The van der Waals surface area contributed by atoms with Gasteiger partial charge in [-0.15, -0.1) is 0 Å². The normalized spacial score (nSPS) is 12.0. The summed E-state index contributed by atoms with van der Waals surface area (Å²) in [5.41, 5.74) is 2.92. The number of ketones is 1. The molecule has 6 nitrogen and oxygen atoms in total. The number of carbonyl (C=O) groups excluding carboxylic acids is 2. The van der Waals surface area contributed by atoms with E-state index >= 15 is 0 Å². The quantitative estimate of drug-likeness (QED) is 0.312. The largest absolute Gasteiger partial charge is 0.493 e. The van der Waals surface area contributed by atoms with Crippen LogP contribution in [0.5, 0.6) is 5.75 Å². The highest BCUT2D eigenvalue weighted by molar-refractivity contribution is 9.10. The van der Waals surface area contributed by atoms with Crippen molar-refractivity contribution in [2.75, 3.05) is 13.7 Å². The molecule has 0 radical (unpaired) electrons. The number of aromatic nitrogens is 2. The number of hydrogen-bond acceptors (Lipinski definition) is 5. The number of methoxy groups -OCH3 is 1. The fourth-order valence-corrected chi connectivity index (χ4v) is 3.70. The molecule has 3 aromatic rings. The summed E-state index contributed by atoms with van der Waals surface area (Å²) in [7, 11) is 1.53. The van der Waals surface area contributed by atoms with E-state index in [4.69, 9.17) is 9.47 Å². The Hall–Kier alpha value is -2.67. The van der Waals surface area contributed by atoms with Crippen LogP contribution < -0.4 is 4.74 Å². The van der Waals surface area contributed by atoms with Crippen molar-refractivity contribution >= 4 is 33.3 Å². The molecule has 1 aromatic carbocycles. The maximum absolute atomic E-state index is 12.8. The lowest BCUT2D eigenvalue weighted by atomic mass is 9.99. The van der Waals surface area contributed by atoms with Crippen LogP contribution in [0.3, 0.4) is 0 Å². The number of halogens is 1. The van der Waals surface area contributed by atoms with E-state index in [0.717, 1.165) is 5.69 Å². The van der Waals surface area contributed by atoms with Gasteiger partial charge in [0.25, 0.3) is 0 Å². The van der Waals surface area contributed by atoms with Crippen LogP contribution >= 0.6 is 15.9 Å². The van der Waals surface area contributed by atoms with E-state index in [2.05, 4.69) is 20.9 Å². The molecule has 0 saturated heterocycles. The zero-order chi connectivity index (χ0) is 20.3. The third kappa shape index (κ3) is 3.94. The summed E-state index contributed by atoms with van der Waals surface area (Å²) in [5.74, 6) is -0.0725. The van der Waals surface area contributed by atoms with Gasteiger partial charge in [0.1, 0.15) is 0 Å².